The molecule has 3 rings (SSSR count). The summed E-state index contributed by atoms with van der Waals surface area (Å²) >= 11 is 0. The van der Waals surface area contributed by atoms with E-state index in [9.17, 15) is 14.4 Å². The molecule has 2 aromatic rings. The zero-order valence-electron chi connectivity index (χ0n) is 21.8. The number of amides is 3. The van der Waals surface area contributed by atoms with Crippen LogP contribution in [-0.4, -0.2) is 41.0 Å². The van der Waals surface area contributed by atoms with Gasteiger partial charge in [0.15, 0.2) is 0 Å². The normalized spacial score (nSPS) is 17.4. The van der Waals surface area contributed by atoms with Crippen LogP contribution in [0.2, 0.25) is 0 Å². The predicted octanol–water partition coefficient (Wildman–Crippen LogP) is 4.73. The maximum absolute atomic E-state index is 13.8. The van der Waals surface area contributed by atoms with Crippen LogP contribution in [0.4, 0.5) is 10.5 Å². The number of rotatable bonds is 7. The van der Waals surface area contributed by atoms with Crippen LogP contribution in [-0.2, 0) is 14.3 Å². The van der Waals surface area contributed by atoms with E-state index in [1.165, 1.54) is 0 Å². The van der Waals surface area contributed by atoms with Crippen LogP contribution >= 0.6 is 0 Å². The largest absolute Gasteiger partial charge is 0.444 e. The Balaban J connectivity index is 1.94. The molecular weight excluding hydrogens is 454 g/mol. The van der Waals surface area contributed by atoms with Crippen molar-refractivity contribution in [3.05, 3.63) is 64.7 Å². The average molecular weight is 490 g/mol. The highest BCUT2D eigenvalue weighted by Gasteiger charge is 2.46. The molecule has 0 bridgehead atoms. The van der Waals surface area contributed by atoms with Crippen molar-refractivity contribution in [3.63, 3.8) is 0 Å². The molecular formula is C29H35N3O4. The number of hydrogen-bond donors (Lipinski definition) is 2. The summed E-state index contributed by atoms with van der Waals surface area (Å²) in [6.07, 6.45) is 5.61. The number of ether oxygens (including phenoxy) is 1. The summed E-state index contributed by atoms with van der Waals surface area (Å²) in [7, 11) is 0. The van der Waals surface area contributed by atoms with Gasteiger partial charge in [0, 0.05) is 17.3 Å². The number of nitrogens with zero attached hydrogens (tertiary/aromatic N) is 1. The average Bonchev–Trinajstić information content (AvgIpc) is 3.52. The Kier molecular flexibility index (Phi) is 8.09. The molecule has 36 heavy (non-hydrogen) atoms. The Morgan fingerprint density at radius 3 is 2.19 bits per heavy atom. The van der Waals surface area contributed by atoms with Crippen LogP contribution < -0.4 is 10.6 Å². The predicted molar refractivity (Wildman–Crippen MR) is 140 cm³/mol. The number of carbonyl (C=O) groups is 3. The molecule has 7 nitrogen and oxygen atoms in total. The highest BCUT2D eigenvalue weighted by Crippen LogP contribution is 2.40. The number of anilines is 1. The standard InChI is InChI=1S/C29H35N3O4/c1-8-21-12-14-22(15-13-21)26(27(34)31-25-18(2)10-9-11-19(25)3)32(23-16-20(23)4)24(33)17-30-28(35)36-29(5,6)7/h1,9-15,20,23,26H,16-17H2,2-7H3,(H,30,35)(H,31,34). The van der Waals surface area contributed by atoms with Gasteiger partial charge >= 0.3 is 6.09 Å². The fraction of sp³-hybridized carbons (Fsp3) is 0.414. The minimum Gasteiger partial charge on any atom is -0.444 e. The Bertz CT molecular complexity index is 1150. The number of hydrogen-bond acceptors (Lipinski definition) is 4. The summed E-state index contributed by atoms with van der Waals surface area (Å²) in [5.41, 5.74) is 3.20. The molecule has 0 radical (unpaired) electrons. The van der Waals surface area contributed by atoms with Crippen molar-refractivity contribution < 1.29 is 19.1 Å². The Morgan fingerprint density at radius 1 is 1.11 bits per heavy atom. The third-order valence-electron chi connectivity index (χ3n) is 6.14. The van der Waals surface area contributed by atoms with Gasteiger partial charge in [0.05, 0.1) is 0 Å². The second-order valence-electron chi connectivity index (χ2n) is 10.4. The minimum atomic E-state index is -0.904. The molecule has 1 aliphatic carbocycles. The lowest BCUT2D eigenvalue weighted by Gasteiger charge is -2.32. The van der Waals surface area contributed by atoms with Crippen molar-refractivity contribution >= 4 is 23.6 Å². The molecule has 0 aromatic heterocycles. The SMILES string of the molecule is C#Cc1ccc(C(C(=O)Nc2c(C)cccc2C)N(C(=O)CNC(=O)OC(C)(C)C)C2CC2C)cc1. The summed E-state index contributed by atoms with van der Waals surface area (Å²) in [5.74, 6) is 2.12. The lowest BCUT2D eigenvalue weighted by molar-refractivity contribution is -0.139. The number of carbonyl (C=O) groups excluding carboxylic acids is 3. The monoisotopic (exact) mass is 489 g/mol. The van der Waals surface area contributed by atoms with E-state index >= 15 is 0 Å². The third kappa shape index (κ3) is 6.66. The van der Waals surface area contributed by atoms with Crippen molar-refractivity contribution in [2.45, 2.75) is 65.6 Å². The van der Waals surface area contributed by atoms with Gasteiger partial charge in [-0.3, -0.25) is 9.59 Å². The van der Waals surface area contributed by atoms with Crippen molar-refractivity contribution in [3.8, 4) is 12.3 Å². The van der Waals surface area contributed by atoms with Gasteiger partial charge in [-0.2, -0.15) is 0 Å². The van der Waals surface area contributed by atoms with Gasteiger partial charge < -0.3 is 20.3 Å². The van der Waals surface area contributed by atoms with E-state index < -0.39 is 17.7 Å². The van der Waals surface area contributed by atoms with Crippen LogP contribution in [0, 0.1) is 32.1 Å². The molecule has 0 spiro atoms. The van der Waals surface area contributed by atoms with Crippen LogP contribution in [0.25, 0.3) is 0 Å². The van der Waals surface area contributed by atoms with Gasteiger partial charge in [-0.25, -0.2) is 4.79 Å². The minimum absolute atomic E-state index is 0.126. The third-order valence-corrected chi connectivity index (χ3v) is 6.14. The van der Waals surface area contributed by atoms with Gasteiger partial charge in [0.25, 0.3) is 5.91 Å². The fourth-order valence-electron chi connectivity index (χ4n) is 4.17. The molecule has 0 heterocycles. The van der Waals surface area contributed by atoms with Gasteiger partial charge in [-0.1, -0.05) is 43.2 Å². The van der Waals surface area contributed by atoms with Crippen LogP contribution in [0.15, 0.2) is 42.5 Å². The maximum atomic E-state index is 13.8. The highest BCUT2D eigenvalue weighted by atomic mass is 16.6. The lowest BCUT2D eigenvalue weighted by Crippen LogP contribution is -2.48. The van der Waals surface area contributed by atoms with Crippen LogP contribution in [0.1, 0.15) is 62.4 Å². The van der Waals surface area contributed by atoms with Crippen LogP contribution in [0.5, 0.6) is 0 Å². The van der Waals surface area contributed by atoms with Crippen molar-refractivity contribution in [2.75, 3.05) is 11.9 Å². The van der Waals surface area contributed by atoms with E-state index in [0.29, 0.717) is 11.1 Å². The van der Waals surface area contributed by atoms with Gasteiger partial charge in [-0.15, -0.1) is 6.42 Å². The van der Waals surface area contributed by atoms with E-state index in [-0.39, 0.29) is 30.3 Å². The molecule has 1 saturated carbocycles. The summed E-state index contributed by atoms with van der Waals surface area (Å²) in [6, 6.07) is 11.8. The van der Waals surface area contributed by atoms with Gasteiger partial charge in [0.1, 0.15) is 18.2 Å². The number of para-hydroxylation sites is 1. The molecule has 1 aliphatic rings. The van der Waals surface area contributed by atoms with Crippen molar-refractivity contribution in [1.82, 2.24) is 10.2 Å². The quantitative estimate of drug-likeness (QED) is 0.551. The molecule has 3 unspecified atom stereocenters. The van der Waals surface area contributed by atoms with Gasteiger partial charge in [-0.05, 0) is 75.8 Å². The van der Waals surface area contributed by atoms with E-state index in [0.717, 1.165) is 23.2 Å². The number of aryl methyl sites for hydroxylation is 2. The first-order valence-electron chi connectivity index (χ1n) is 12.1. The smallest absolute Gasteiger partial charge is 0.408 e. The molecule has 2 N–H and O–H groups in total. The first-order valence-corrected chi connectivity index (χ1v) is 12.1. The molecule has 3 amide bonds. The first kappa shape index (κ1) is 26.8. The number of alkyl carbamates (subject to hydrolysis) is 1. The summed E-state index contributed by atoms with van der Waals surface area (Å²) in [5, 5.41) is 5.59. The summed E-state index contributed by atoms with van der Waals surface area (Å²) in [4.78, 5) is 41.1. The van der Waals surface area contributed by atoms with Crippen molar-refractivity contribution in [1.29, 1.82) is 0 Å². The summed E-state index contributed by atoms with van der Waals surface area (Å²) < 4.78 is 5.27. The number of terminal acetylenes is 1. The Morgan fingerprint density at radius 2 is 1.69 bits per heavy atom. The van der Waals surface area contributed by atoms with Gasteiger partial charge in [0.2, 0.25) is 5.91 Å². The second-order valence-corrected chi connectivity index (χ2v) is 10.4. The van der Waals surface area contributed by atoms with E-state index in [2.05, 4.69) is 16.6 Å². The molecule has 2 aromatic carbocycles. The van der Waals surface area contributed by atoms with Crippen molar-refractivity contribution in [2.24, 2.45) is 5.92 Å². The number of benzene rings is 2. The van der Waals surface area contributed by atoms with E-state index in [4.69, 9.17) is 11.2 Å². The Hall–Kier alpha value is -3.79. The molecule has 0 aliphatic heterocycles. The number of nitrogens with one attached hydrogen (secondary N) is 2. The maximum Gasteiger partial charge on any atom is 0.408 e. The molecule has 190 valence electrons. The first-order chi connectivity index (χ1) is 16.9. The van der Waals surface area contributed by atoms with E-state index in [1.54, 1.807) is 49.9 Å². The zero-order valence-corrected chi connectivity index (χ0v) is 21.8. The highest BCUT2D eigenvalue weighted by molar-refractivity contribution is 5.99. The molecule has 1 fully saturated rings. The molecule has 7 heteroatoms. The fourth-order valence-corrected chi connectivity index (χ4v) is 4.17. The second kappa shape index (κ2) is 10.9. The molecule has 3 atom stereocenters. The van der Waals surface area contributed by atoms with Crippen LogP contribution in [0.3, 0.4) is 0 Å². The van der Waals surface area contributed by atoms with E-state index in [1.807, 2.05) is 39.0 Å². The summed E-state index contributed by atoms with van der Waals surface area (Å²) in [6.45, 7) is 10.9. The lowest BCUT2D eigenvalue weighted by atomic mass is 10.0. The topological polar surface area (TPSA) is 87.7 Å². The zero-order chi connectivity index (χ0) is 26.6. The Labute approximate surface area is 213 Å². The molecule has 0 saturated heterocycles.